The first-order valence-electron chi connectivity index (χ1n) is 3.55. The number of aryl methyl sites for hydroxylation is 1. The number of benzene rings is 1. The van der Waals surface area contributed by atoms with E-state index in [0.29, 0.717) is 5.88 Å². The Morgan fingerprint density at radius 3 is 2.64 bits per heavy atom. The van der Waals surface area contributed by atoms with E-state index in [-0.39, 0.29) is 0 Å². The fourth-order valence-electron chi connectivity index (χ4n) is 1.04. The van der Waals surface area contributed by atoms with Gasteiger partial charge in [-0.2, -0.15) is 0 Å². The molecular weight excluding hydrogens is 156 g/mol. The molecule has 1 aromatic rings. The first kappa shape index (κ1) is 8.35. The van der Waals surface area contributed by atoms with Crippen molar-refractivity contribution in [3.8, 4) is 0 Å². The van der Waals surface area contributed by atoms with E-state index < -0.39 is 0 Å². The van der Waals surface area contributed by atoms with Gasteiger partial charge < -0.3 is 0 Å². The molecule has 0 nitrogen and oxygen atoms in total. The van der Waals surface area contributed by atoms with Gasteiger partial charge in [-0.15, -0.1) is 11.6 Å². The highest BCUT2D eigenvalue weighted by Crippen LogP contribution is 2.17. The van der Waals surface area contributed by atoms with Crippen molar-refractivity contribution < 1.29 is 0 Å². The second-order valence-electron chi connectivity index (χ2n) is 2.55. The number of halogens is 1. The van der Waals surface area contributed by atoms with Crippen molar-refractivity contribution in [2.45, 2.75) is 6.92 Å². The fourth-order valence-corrected chi connectivity index (χ4v) is 1.19. The molecular formula is C10H11Cl. The van der Waals surface area contributed by atoms with Gasteiger partial charge in [0.25, 0.3) is 0 Å². The van der Waals surface area contributed by atoms with Gasteiger partial charge in [-0.1, -0.05) is 30.8 Å². The summed E-state index contributed by atoms with van der Waals surface area (Å²) in [4.78, 5) is 0. The Labute approximate surface area is 72.5 Å². The molecule has 0 aliphatic rings. The smallest absolute Gasteiger partial charge is 0.0474 e. The minimum Gasteiger partial charge on any atom is -0.122 e. The molecule has 0 heterocycles. The molecule has 0 unspecified atom stereocenters. The highest BCUT2D eigenvalue weighted by atomic mass is 35.5. The van der Waals surface area contributed by atoms with Gasteiger partial charge in [0.15, 0.2) is 0 Å². The van der Waals surface area contributed by atoms with Crippen LogP contribution in [0.5, 0.6) is 0 Å². The molecule has 1 rings (SSSR count). The SMILES string of the molecule is C=C(CCl)c1ccccc1C. The summed E-state index contributed by atoms with van der Waals surface area (Å²) in [5, 5.41) is 0. The average molecular weight is 167 g/mol. The Hall–Kier alpha value is -0.750. The van der Waals surface area contributed by atoms with Crippen LogP contribution in [0.15, 0.2) is 30.8 Å². The van der Waals surface area contributed by atoms with Crippen LogP contribution < -0.4 is 0 Å². The fraction of sp³-hybridized carbons (Fsp3) is 0.200. The van der Waals surface area contributed by atoms with Crippen LogP contribution in [0.25, 0.3) is 5.57 Å². The zero-order chi connectivity index (χ0) is 8.27. The van der Waals surface area contributed by atoms with E-state index in [1.165, 1.54) is 11.1 Å². The van der Waals surface area contributed by atoms with Crippen molar-refractivity contribution in [1.29, 1.82) is 0 Å². The van der Waals surface area contributed by atoms with Crippen molar-refractivity contribution in [3.05, 3.63) is 42.0 Å². The molecule has 1 aromatic carbocycles. The molecule has 0 N–H and O–H groups in total. The van der Waals surface area contributed by atoms with Crippen molar-refractivity contribution in [1.82, 2.24) is 0 Å². The minimum absolute atomic E-state index is 0.505. The maximum atomic E-state index is 5.66. The lowest BCUT2D eigenvalue weighted by Gasteiger charge is -2.04. The van der Waals surface area contributed by atoms with Crippen molar-refractivity contribution in [3.63, 3.8) is 0 Å². The summed E-state index contributed by atoms with van der Waals surface area (Å²) in [6, 6.07) is 8.12. The quantitative estimate of drug-likeness (QED) is 0.592. The van der Waals surface area contributed by atoms with Crippen molar-refractivity contribution in [2.24, 2.45) is 0 Å². The molecule has 0 saturated heterocycles. The van der Waals surface area contributed by atoms with Crippen LogP contribution in [0.2, 0.25) is 0 Å². The average Bonchev–Trinajstić information content (AvgIpc) is 2.04. The highest BCUT2D eigenvalue weighted by molar-refractivity contribution is 6.23. The van der Waals surface area contributed by atoms with E-state index in [1.54, 1.807) is 0 Å². The molecule has 0 aliphatic heterocycles. The Morgan fingerprint density at radius 1 is 1.45 bits per heavy atom. The van der Waals surface area contributed by atoms with Gasteiger partial charge in [0.05, 0.1) is 0 Å². The second-order valence-corrected chi connectivity index (χ2v) is 2.82. The van der Waals surface area contributed by atoms with Crippen LogP contribution in [-0.4, -0.2) is 5.88 Å². The molecule has 0 bridgehead atoms. The van der Waals surface area contributed by atoms with Gasteiger partial charge in [0.2, 0.25) is 0 Å². The van der Waals surface area contributed by atoms with Crippen LogP contribution in [0.3, 0.4) is 0 Å². The van der Waals surface area contributed by atoms with Gasteiger partial charge in [0, 0.05) is 5.88 Å². The Morgan fingerprint density at radius 2 is 2.09 bits per heavy atom. The maximum Gasteiger partial charge on any atom is 0.0474 e. The summed E-state index contributed by atoms with van der Waals surface area (Å²) in [7, 11) is 0. The van der Waals surface area contributed by atoms with E-state index in [9.17, 15) is 0 Å². The van der Waals surface area contributed by atoms with E-state index in [0.717, 1.165) is 5.57 Å². The largest absolute Gasteiger partial charge is 0.122 e. The van der Waals surface area contributed by atoms with Crippen LogP contribution in [-0.2, 0) is 0 Å². The number of hydrogen-bond donors (Lipinski definition) is 0. The molecule has 1 heteroatoms. The summed E-state index contributed by atoms with van der Waals surface area (Å²) in [6.07, 6.45) is 0. The van der Waals surface area contributed by atoms with Gasteiger partial charge in [0.1, 0.15) is 0 Å². The number of rotatable bonds is 2. The van der Waals surface area contributed by atoms with Gasteiger partial charge in [-0.3, -0.25) is 0 Å². The highest BCUT2D eigenvalue weighted by Gasteiger charge is 1.98. The number of alkyl halides is 1. The van der Waals surface area contributed by atoms with Crippen LogP contribution in [0.1, 0.15) is 11.1 Å². The summed E-state index contributed by atoms with van der Waals surface area (Å²) in [6.45, 7) is 5.93. The first-order chi connectivity index (χ1) is 5.25. The summed E-state index contributed by atoms with van der Waals surface area (Å²) >= 11 is 5.66. The van der Waals surface area contributed by atoms with Gasteiger partial charge in [-0.25, -0.2) is 0 Å². The predicted molar refractivity (Wildman–Crippen MR) is 50.9 cm³/mol. The van der Waals surface area contributed by atoms with Crippen molar-refractivity contribution in [2.75, 3.05) is 5.88 Å². The molecule has 0 amide bonds. The lowest BCUT2D eigenvalue weighted by molar-refractivity contribution is 1.41. The van der Waals surface area contributed by atoms with E-state index in [4.69, 9.17) is 11.6 Å². The molecule has 11 heavy (non-hydrogen) atoms. The number of allylic oxidation sites excluding steroid dienone is 1. The molecule has 0 fully saturated rings. The summed E-state index contributed by atoms with van der Waals surface area (Å²) in [5.41, 5.74) is 3.39. The lowest BCUT2D eigenvalue weighted by atomic mass is 10.0. The number of hydrogen-bond acceptors (Lipinski definition) is 0. The van der Waals surface area contributed by atoms with Gasteiger partial charge >= 0.3 is 0 Å². The van der Waals surface area contributed by atoms with E-state index >= 15 is 0 Å². The maximum absolute atomic E-state index is 5.66. The molecule has 58 valence electrons. The minimum atomic E-state index is 0.505. The Bertz CT molecular complexity index is 263. The normalized spacial score (nSPS) is 9.64. The van der Waals surface area contributed by atoms with E-state index in [2.05, 4.69) is 19.6 Å². The monoisotopic (exact) mass is 166 g/mol. The molecule has 0 aromatic heterocycles. The Balaban J connectivity index is 3.03. The topological polar surface area (TPSA) is 0 Å². The predicted octanol–water partition coefficient (Wildman–Crippen LogP) is 3.25. The molecule has 0 aliphatic carbocycles. The van der Waals surface area contributed by atoms with Crippen molar-refractivity contribution >= 4 is 17.2 Å². The molecule has 0 saturated carbocycles. The van der Waals surface area contributed by atoms with Crippen LogP contribution in [0, 0.1) is 6.92 Å². The van der Waals surface area contributed by atoms with Crippen LogP contribution >= 0.6 is 11.6 Å². The first-order valence-corrected chi connectivity index (χ1v) is 4.09. The second kappa shape index (κ2) is 3.59. The Kier molecular flexibility index (Phi) is 2.72. The van der Waals surface area contributed by atoms with E-state index in [1.807, 2.05) is 18.2 Å². The third-order valence-corrected chi connectivity index (χ3v) is 2.01. The third kappa shape index (κ3) is 1.84. The van der Waals surface area contributed by atoms with Crippen LogP contribution in [0.4, 0.5) is 0 Å². The molecule has 0 radical (unpaired) electrons. The standard InChI is InChI=1S/C10H11Cl/c1-8-5-3-4-6-10(8)9(2)7-11/h3-6H,2,7H2,1H3. The molecule has 0 spiro atoms. The molecule has 0 atom stereocenters. The summed E-state index contributed by atoms with van der Waals surface area (Å²) in [5.74, 6) is 0.505. The van der Waals surface area contributed by atoms with Gasteiger partial charge in [-0.05, 0) is 23.6 Å². The third-order valence-electron chi connectivity index (χ3n) is 1.69. The zero-order valence-corrected chi connectivity index (χ0v) is 7.36. The lowest BCUT2D eigenvalue weighted by Crippen LogP contribution is -1.87. The summed E-state index contributed by atoms with van der Waals surface area (Å²) < 4.78 is 0. The zero-order valence-electron chi connectivity index (χ0n) is 6.60.